The van der Waals surface area contributed by atoms with Crippen molar-refractivity contribution in [1.82, 2.24) is 25.4 Å². The molecule has 0 spiro atoms. The zero-order chi connectivity index (χ0) is 20.4. The number of hydrogen-bond acceptors (Lipinski definition) is 6. The zero-order valence-electron chi connectivity index (χ0n) is 15.7. The Labute approximate surface area is 177 Å². The minimum Gasteiger partial charge on any atom is -0.463 e. The highest BCUT2D eigenvalue weighted by Gasteiger charge is 2.34. The van der Waals surface area contributed by atoms with Gasteiger partial charge in [0.05, 0.1) is 18.2 Å². The molecule has 1 saturated carbocycles. The maximum absolute atomic E-state index is 12.8. The van der Waals surface area contributed by atoms with Crippen molar-refractivity contribution in [3.63, 3.8) is 0 Å². The van der Waals surface area contributed by atoms with E-state index in [2.05, 4.69) is 20.8 Å². The summed E-state index contributed by atoms with van der Waals surface area (Å²) in [5, 5.41) is 15.1. The molecule has 10 heteroatoms. The van der Waals surface area contributed by atoms with Gasteiger partial charge in [-0.15, -0.1) is 10.2 Å². The summed E-state index contributed by atoms with van der Waals surface area (Å²) < 4.78 is 7.31. The molecule has 1 aliphatic carbocycles. The van der Waals surface area contributed by atoms with Crippen molar-refractivity contribution in [3.8, 4) is 0 Å². The van der Waals surface area contributed by atoms with Gasteiger partial charge in [0.15, 0.2) is 5.16 Å². The molecule has 1 unspecified atom stereocenters. The first-order chi connectivity index (χ1) is 14.1. The third-order valence-corrected chi connectivity index (χ3v) is 5.91. The van der Waals surface area contributed by atoms with E-state index in [4.69, 9.17) is 16.3 Å². The second-order valence-corrected chi connectivity index (χ2v) is 8.12. The molecule has 2 N–H and O–H groups in total. The molecular weight excluding hydrogens is 414 g/mol. The Morgan fingerprint density at radius 1 is 1.34 bits per heavy atom. The van der Waals surface area contributed by atoms with Gasteiger partial charge in [-0.25, -0.2) is 9.59 Å². The fourth-order valence-electron chi connectivity index (χ4n) is 3.16. The van der Waals surface area contributed by atoms with Crippen LogP contribution in [0.2, 0.25) is 5.02 Å². The lowest BCUT2D eigenvalue weighted by Crippen LogP contribution is -2.46. The van der Waals surface area contributed by atoms with E-state index in [0.717, 1.165) is 23.6 Å². The number of halogens is 1. The van der Waals surface area contributed by atoms with E-state index in [1.165, 1.54) is 11.8 Å². The summed E-state index contributed by atoms with van der Waals surface area (Å²) in [6.07, 6.45) is 3.95. The summed E-state index contributed by atoms with van der Waals surface area (Å²) in [4.78, 5) is 25.1. The van der Waals surface area contributed by atoms with Crippen LogP contribution in [0.5, 0.6) is 0 Å². The van der Waals surface area contributed by atoms with Crippen molar-refractivity contribution in [2.24, 2.45) is 0 Å². The van der Waals surface area contributed by atoms with E-state index >= 15 is 0 Å². The number of nitrogens with one attached hydrogen (secondary N) is 2. The molecule has 0 bridgehead atoms. The second-order valence-electron chi connectivity index (χ2n) is 6.74. The van der Waals surface area contributed by atoms with Crippen molar-refractivity contribution in [2.45, 2.75) is 37.0 Å². The van der Waals surface area contributed by atoms with Gasteiger partial charge < -0.3 is 19.9 Å². The van der Waals surface area contributed by atoms with Gasteiger partial charge in [0.1, 0.15) is 6.33 Å². The fourth-order valence-corrected chi connectivity index (χ4v) is 4.24. The highest BCUT2D eigenvalue weighted by molar-refractivity contribution is 7.99. The lowest BCUT2D eigenvalue weighted by Gasteiger charge is -2.29. The molecule has 2 amide bonds. The number of rotatable bonds is 7. The molecule has 1 aromatic heterocycles. The van der Waals surface area contributed by atoms with E-state index in [-0.39, 0.29) is 12.6 Å². The van der Waals surface area contributed by atoms with Gasteiger partial charge in [-0.2, -0.15) is 0 Å². The zero-order valence-corrected chi connectivity index (χ0v) is 17.3. The van der Waals surface area contributed by atoms with Gasteiger partial charge in [-0.3, -0.25) is 0 Å². The van der Waals surface area contributed by atoms with Crippen molar-refractivity contribution in [1.29, 1.82) is 0 Å². The first-order valence-electron chi connectivity index (χ1n) is 9.32. The van der Waals surface area contributed by atoms with Gasteiger partial charge in [0.25, 0.3) is 0 Å². The number of esters is 1. The molecule has 1 fully saturated rings. The summed E-state index contributed by atoms with van der Waals surface area (Å²) in [5.41, 5.74) is 1.62. The van der Waals surface area contributed by atoms with Crippen LogP contribution in [0.3, 0.4) is 0 Å². The predicted molar refractivity (Wildman–Crippen MR) is 109 cm³/mol. The normalized spacial score (nSPS) is 19.0. The van der Waals surface area contributed by atoms with Gasteiger partial charge in [-0.05, 0) is 37.5 Å². The van der Waals surface area contributed by atoms with E-state index in [1.807, 2.05) is 4.57 Å². The second kappa shape index (κ2) is 8.46. The van der Waals surface area contributed by atoms with Crippen LogP contribution in [-0.4, -0.2) is 39.1 Å². The topological polar surface area (TPSA) is 98.1 Å². The number of benzene rings is 1. The van der Waals surface area contributed by atoms with Crippen LogP contribution in [0.15, 0.2) is 47.0 Å². The summed E-state index contributed by atoms with van der Waals surface area (Å²) in [6, 6.07) is 6.45. The van der Waals surface area contributed by atoms with Crippen molar-refractivity contribution < 1.29 is 14.3 Å². The van der Waals surface area contributed by atoms with Gasteiger partial charge in [0.2, 0.25) is 0 Å². The lowest BCUT2D eigenvalue weighted by atomic mass is 9.95. The Balaban J connectivity index is 1.65. The number of urea groups is 1. The lowest BCUT2D eigenvalue weighted by molar-refractivity contribution is -0.139. The summed E-state index contributed by atoms with van der Waals surface area (Å²) in [5.74, 6) is -0.115. The number of carbonyl (C=O) groups is 2. The minimum absolute atomic E-state index is 0.236. The number of amides is 2. The molecule has 2 heterocycles. The quantitative estimate of drug-likeness (QED) is 0.514. The maximum Gasteiger partial charge on any atom is 0.338 e. The molecule has 1 aliphatic heterocycles. The van der Waals surface area contributed by atoms with Crippen molar-refractivity contribution >= 4 is 35.4 Å². The first-order valence-corrected chi connectivity index (χ1v) is 10.7. The third kappa shape index (κ3) is 4.40. The van der Waals surface area contributed by atoms with Crippen LogP contribution >= 0.6 is 23.4 Å². The molecule has 4 rings (SSSR count). The van der Waals surface area contributed by atoms with Gasteiger partial charge in [0, 0.05) is 22.5 Å². The molecule has 0 radical (unpaired) electrons. The van der Waals surface area contributed by atoms with E-state index < -0.39 is 12.0 Å². The highest BCUT2D eigenvalue weighted by atomic mass is 35.5. The van der Waals surface area contributed by atoms with Crippen molar-refractivity contribution in [2.75, 3.05) is 12.4 Å². The van der Waals surface area contributed by atoms with Crippen LogP contribution in [0.25, 0.3) is 0 Å². The third-order valence-electron chi connectivity index (χ3n) is 4.68. The Morgan fingerprint density at radius 3 is 2.79 bits per heavy atom. The molecule has 2 aliphatic rings. The van der Waals surface area contributed by atoms with Crippen LogP contribution < -0.4 is 10.6 Å². The molecule has 152 valence electrons. The maximum atomic E-state index is 12.8. The summed E-state index contributed by atoms with van der Waals surface area (Å²) >= 11 is 7.42. The molecule has 1 aromatic carbocycles. The Kier molecular flexibility index (Phi) is 5.77. The summed E-state index contributed by atoms with van der Waals surface area (Å²) in [6.45, 7) is 1.98. The fraction of sp³-hybridized carbons (Fsp3) is 0.368. The molecule has 8 nitrogen and oxygen atoms in total. The number of aromatic nitrogens is 3. The first kappa shape index (κ1) is 19.8. The summed E-state index contributed by atoms with van der Waals surface area (Å²) in [7, 11) is 0. The average Bonchev–Trinajstić information content (AvgIpc) is 3.44. The number of ether oxygens (including phenoxy) is 1. The molecule has 29 heavy (non-hydrogen) atoms. The van der Waals surface area contributed by atoms with Crippen LogP contribution in [0.4, 0.5) is 4.79 Å². The van der Waals surface area contributed by atoms with E-state index in [9.17, 15) is 9.59 Å². The van der Waals surface area contributed by atoms with Gasteiger partial charge >= 0.3 is 12.0 Å². The van der Waals surface area contributed by atoms with E-state index in [1.54, 1.807) is 37.5 Å². The van der Waals surface area contributed by atoms with Crippen LogP contribution in [0.1, 0.15) is 37.4 Å². The van der Waals surface area contributed by atoms with E-state index in [0.29, 0.717) is 28.1 Å². The van der Waals surface area contributed by atoms with Crippen LogP contribution in [0, 0.1) is 0 Å². The standard InChI is InChI=1S/C19H20ClN5O3S/c1-2-28-17(26)15-14(9-29-19-24-21-10-25(19)13-7-8-13)22-18(27)23-16(15)11-3-5-12(20)6-4-11/h3-6,10,13,16H,2,7-9H2,1H3,(H2,22,23,27). The SMILES string of the molecule is CCOC(=O)C1=C(CSc2nncn2C2CC2)NC(=O)NC1c1ccc(Cl)cc1. The predicted octanol–water partition coefficient (Wildman–Crippen LogP) is 3.23. The molecular formula is C19H20ClN5O3S. The smallest absolute Gasteiger partial charge is 0.338 e. The number of nitrogens with zero attached hydrogens (tertiary/aromatic N) is 3. The molecule has 2 aromatic rings. The number of carbonyl (C=O) groups excluding carboxylic acids is 2. The highest BCUT2D eigenvalue weighted by Crippen LogP contribution is 2.38. The monoisotopic (exact) mass is 433 g/mol. The Morgan fingerprint density at radius 2 is 2.10 bits per heavy atom. The minimum atomic E-state index is -0.628. The van der Waals surface area contributed by atoms with Crippen LogP contribution in [-0.2, 0) is 9.53 Å². The van der Waals surface area contributed by atoms with Crippen molar-refractivity contribution in [3.05, 3.63) is 52.4 Å². The molecule has 0 saturated heterocycles. The largest absolute Gasteiger partial charge is 0.463 e. The number of hydrogen-bond donors (Lipinski definition) is 2. The van der Waals surface area contributed by atoms with Gasteiger partial charge in [-0.1, -0.05) is 35.5 Å². The Bertz CT molecular complexity index is 955. The Hall–Kier alpha value is -2.52. The molecule has 1 atom stereocenters. The average molecular weight is 434 g/mol. The number of thioether (sulfide) groups is 1.